The normalized spacial score (nSPS) is 17.7. The van der Waals surface area contributed by atoms with Gasteiger partial charge in [-0.1, -0.05) is 31.0 Å². The van der Waals surface area contributed by atoms with Crippen molar-refractivity contribution in [3.8, 4) is 0 Å². The van der Waals surface area contributed by atoms with E-state index in [9.17, 15) is 5.11 Å². The molecule has 1 fully saturated rings. The Morgan fingerprint density at radius 2 is 2.00 bits per heavy atom. The molecule has 0 heterocycles. The van der Waals surface area contributed by atoms with Crippen LogP contribution in [-0.2, 0) is 0 Å². The minimum absolute atomic E-state index is 0.129. The van der Waals surface area contributed by atoms with Gasteiger partial charge in [0.15, 0.2) is 0 Å². The van der Waals surface area contributed by atoms with E-state index in [0.717, 1.165) is 18.1 Å². The lowest BCUT2D eigenvalue weighted by atomic mass is 10.1. The maximum Gasteiger partial charge on any atom is 0.0634 e. The molecule has 1 aromatic rings. The maximum atomic E-state index is 9.77. The summed E-state index contributed by atoms with van der Waals surface area (Å²) in [6, 6.07) is 10.3. The van der Waals surface area contributed by atoms with Crippen LogP contribution in [0.5, 0.6) is 0 Å². The Morgan fingerprint density at radius 1 is 1.27 bits per heavy atom. The van der Waals surface area contributed by atoms with Crippen molar-refractivity contribution in [2.45, 2.75) is 36.7 Å². The summed E-state index contributed by atoms with van der Waals surface area (Å²) in [5.41, 5.74) is 0. The predicted molar refractivity (Wildman–Crippen MR) is 65.1 cm³/mol. The van der Waals surface area contributed by atoms with Crippen molar-refractivity contribution in [3.63, 3.8) is 0 Å². The molecule has 0 saturated heterocycles. The number of rotatable bonds is 6. The molecule has 2 rings (SSSR count). The first kappa shape index (κ1) is 11.0. The van der Waals surface area contributed by atoms with E-state index in [1.54, 1.807) is 11.8 Å². The number of aliphatic hydroxyl groups excluding tert-OH is 1. The van der Waals surface area contributed by atoms with Crippen LogP contribution in [0.1, 0.15) is 25.7 Å². The van der Waals surface area contributed by atoms with E-state index >= 15 is 0 Å². The minimum atomic E-state index is -0.129. The average Bonchev–Trinajstić information content (AvgIpc) is 3.09. The maximum absolute atomic E-state index is 9.77. The quantitative estimate of drug-likeness (QED) is 0.745. The van der Waals surface area contributed by atoms with Crippen LogP contribution in [0.25, 0.3) is 0 Å². The van der Waals surface area contributed by atoms with E-state index in [1.165, 1.54) is 24.2 Å². The molecule has 0 aromatic heterocycles. The van der Waals surface area contributed by atoms with Crippen molar-refractivity contribution in [2.24, 2.45) is 5.92 Å². The molecule has 0 aliphatic heterocycles. The molecule has 1 nitrogen and oxygen atoms in total. The zero-order valence-corrected chi connectivity index (χ0v) is 9.75. The summed E-state index contributed by atoms with van der Waals surface area (Å²) in [6.45, 7) is 0. The Morgan fingerprint density at radius 3 is 2.67 bits per heavy atom. The molecule has 15 heavy (non-hydrogen) atoms. The van der Waals surface area contributed by atoms with Crippen molar-refractivity contribution in [1.29, 1.82) is 0 Å². The Hall–Kier alpha value is -0.470. The monoisotopic (exact) mass is 222 g/mol. The van der Waals surface area contributed by atoms with Crippen molar-refractivity contribution in [3.05, 3.63) is 30.3 Å². The van der Waals surface area contributed by atoms with Crippen LogP contribution in [0.2, 0.25) is 0 Å². The number of hydrogen-bond donors (Lipinski definition) is 1. The summed E-state index contributed by atoms with van der Waals surface area (Å²) in [4.78, 5) is 1.25. The van der Waals surface area contributed by atoms with E-state index in [2.05, 4.69) is 12.1 Å². The lowest BCUT2D eigenvalue weighted by Crippen LogP contribution is -2.09. The average molecular weight is 222 g/mol. The number of benzene rings is 1. The van der Waals surface area contributed by atoms with E-state index in [4.69, 9.17) is 0 Å². The molecule has 1 atom stereocenters. The third kappa shape index (κ3) is 4.27. The number of aliphatic hydroxyl groups is 1. The summed E-state index contributed by atoms with van der Waals surface area (Å²) in [6.07, 6.45) is 4.84. The topological polar surface area (TPSA) is 20.2 Å². The molecular formula is C13H18OS. The number of thioether (sulfide) groups is 1. The number of hydrogen-bond acceptors (Lipinski definition) is 2. The highest BCUT2D eigenvalue weighted by Gasteiger charge is 2.21. The summed E-state index contributed by atoms with van der Waals surface area (Å²) in [5.74, 6) is 1.76. The zero-order valence-electron chi connectivity index (χ0n) is 8.93. The zero-order chi connectivity index (χ0) is 10.5. The molecule has 1 aliphatic rings. The lowest BCUT2D eigenvalue weighted by molar-refractivity contribution is 0.184. The van der Waals surface area contributed by atoms with Crippen molar-refractivity contribution in [1.82, 2.24) is 0 Å². The van der Waals surface area contributed by atoms with Crippen LogP contribution in [0.15, 0.2) is 35.2 Å². The van der Waals surface area contributed by atoms with Gasteiger partial charge in [0.1, 0.15) is 0 Å². The van der Waals surface area contributed by atoms with Gasteiger partial charge in [0.2, 0.25) is 0 Å². The Labute approximate surface area is 95.9 Å². The second-order valence-corrected chi connectivity index (χ2v) is 5.39. The highest BCUT2D eigenvalue weighted by atomic mass is 32.2. The van der Waals surface area contributed by atoms with Gasteiger partial charge in [0.25, 0.3) is 0 Å². The lowest BCUT2D eigenvalue weighted by Gasteiger charge is -2.09. The smallest absolute Gasteiger partial charge is 0.0634 e. The molecule has 1 aliphatic carbocycles. The van der Waals surface area contributed by atoms with Gasteiger partial charge in [-0.2, -0.15) is 0 Å². The fourth-order valence-corrected chi connectivity index (χ4v) is 2.53. The Balaban J connectivity index is 1.63. The third-order valence-corrected chi connectivity index (χ3v) is 3.95. The SMILES string of the molecule is OC(CCC1CC1)CSc1ccccc1. The molecule has 1 N–H and O–H groups in total. The first-order valence-corrected chi connectivity index (χ1v) is 6.69. The summed E-state index contributed by atoms with van der Waals surface area (Å²) < 4.78 is 0. The Bertz CT molecular complexity index is 282. The highest BCUT2D eigenvalue weighted by Crippen LogP contribution is 2.34. The molecule has 82 valence electrons. The van der Waals surface area contributed by atoms with Crippen molar-refractivity contribution < 1.29 is 5.11 Å². The molecule has 2 heteroatoms. The van der Waals surface area contributed by atoms with Crippen molar-refractivity contribution >= 4 is 11.8 Å². The van der Waals surface area contributed by atoms with Gasteiger partial charge in [-0.15, -0.1) is 11.8 Å². The minimum Gasteiger partial charge on any atom is -0.392 e. The van der Waals surface area contributed by atoms with Crippen LogP contribution in [-0.4, -0.2) is 17.0 Å². The summed E-state index contributed by atoms with van der Waals surface area (Å²) in [7, 11) is 0. The van der Waals surface area contributed by atoms with E-state index in [0.29, 0.717) is 0 Å². The summed E-state index contributed by atoms with van der Waals surface area (Å²) in [5, 5.41) is 9.77. The molecular weight excluding hydrogens is 204 g/mol. The molecule has 1 saturated carbocycles. The fourth-order valence-electron chi connectivity index (χ4n) is 1.63. The molecule has 0 radical (unpaired) electrons. The van der Waals surface area contributed by atoms with Gasteiger partial charge >= 0.3 is 0 Å². The van der Waals surface area contributed by atoms with Gasteiger partial charge in [0.05, 0.1) is 6.10 Å². The molecule has 0 bridgehead atoms. The van der Waals surface area contributed by atoms with Crippen molar-refractivity contribution in [2.75, 3.05) is 5.75 Å². The van der Waals surface area contributed by atoms with Gasteiger partial charge in [-0.25, -0.2) is 0 Å². The highest BCUT2D eigenvalue weighted by molar-refractivity contribution is 7.99. The van der Waals surface area contributed by atoms with Gasteiger partial charge in [0, 0.05) is 10.6 Å². The Kier molecular flexibility index (Phi) is 4.09. The summed E-state index contributed by atoms with van der Waals surface area (Å²) >= 11 is 1.75. The van der Waals surface area contributed by atoms with Crippen LogP contribution in [0.4, 0.5) is 0 Å². The van der Waals surface area contributed by atoms with Crippen LogP contribution < -0.4 is 0 Å². The largest absolute Gasteiger partial charge is 0.392 e. The fraction of sp³-hybridized carbons (Fsp3) is 0.538. The van der Waals surface area contributed by atoms with Gasteiger partial charge < -0.3 is 5.11 Å². The van der Waals surface area contributed by atoms with E-state index < -0.39 is 0 Å². The standard InChI is InChI=1S/C13H18OS/c14-12(9-8-11-6-7-11)10-15-13-4-2-1-3-5-13/h1-5,11-12,14H,6-10H2. The van der Waals surface area contributed by atoms with Crippen LogP contribution in [0, 0.1) is 5.92 Å². The van der Waals surface area contributed by atoms with Crippen LogP contribution >= 0.6 is 11.8 Å². The van der Waals surface area contributed by atoms with Gasteiger partial charge in [-0.3, -0.25) is 0 Å². The first-order valence-electron chi connectivity index (χ1n) is 5.70. The first-order chi connectivity index (χ1) is 7.34. The second kappa shape index (κ2) is 5.57. The predicted octanol–water partition coefficient (Wildman–Crippen LogP) is 3.33. The molecule has 1 aromatic carbocycles. The molecule has 0 spiro atoms. The van der Waals surface area contributed by atoms with Crippen LogP contribution in [0.3, 0.4) is 0 Å². The molecule has 0 amide bonds. The third-order valence-electron chi connectivity index (χ3n) is 2.79. The molecule has 1 unspecified atom stereocenters. The van der Waals surface area contributed by atoms with Gasteiger partial charge in [-0.05, 0) is 30.9 Å². The van der Waals surface area contributed by atoms with E-state index in [-0.39, 0.29) is 6.10 Å². The van der Waals surface area contributed by atoms with E-state index in [1.807, 2.05) is 18.2 Å². The second-order valence-electron chi connectivity index (χ2n) is 4.30.